The zero-order valence-corrected chi connectivity index (χ0v) is 12.0. The Hall–Kier alpha value is -2.70. The van der Waals surface area contributed by atoms with Gasteiger partial charge >= 0.3 is 5.97 Å². The Morgan fingerprint density at radius 1 is 1.29 bits per heavy atom. The van der Waals surface area contributed by atoms with Crippen molar-refractivity contribution >= 4 is 17.8 Å². The van der Waals surface area contributed by atoms with E-state index in [-0.39, 0.29) is 17.4 Å². The van der Waals surface area contributed by atoms with Crippen LogP contribution in [0.3, 0.4) is 0 Å². The Labute approximate surface area is 121 Å². The van der Waals surface area contributed by atoms with E-state index in [1.54, 1.807) is 17.9 Å². The smallest absolute Gasteiger partial charge is 0.339 e. The number of aromatic nitrogens is 4. The van der Waals surface area contributed by atoms with E-state index < -0.39 is 5.97 Å². The van der Waals surface area contributed by atoms with Crippen LogP contribution in [0.1, 0.15) is 46.3 Å². The fraction of sp³-hybridized carbons (Fsp3) is 0.286. The minimum atomic E-state index is -1.08. The van der Waals surface area contributed by atoms with Crippen LogP contribution in [0, 0.1) is 0 Å². The quantitative estimate of drug-likeness (QED) is 0.669. The van der Waals surface area contributed by atoms with Gasteiger partial charge < -0.3 is 5.11 Å². The summed E-state index contributed by atoms with van der Waals surface area (Å²) in [7, 11) is 1.62. The zero-order valence-electron chi connectivity index (χ0n) is 12.0. The van der Waals surface area contributed by atoms with Crippen LogP contribution >= 0.6 is 0 Å². The summed E-state index contributed by atoms with van der Waals surface area (Å²) in [5.41, 5.74) is 0.880. The second-order valence-corrected chi connectivity index (χ2v) is 4.87. The fourth-order valence-electron chi connectivity index (χ4n) is 1.81. The third-order valence-corrected chi connectivity index (χ3v) is 3.02. The summed E-state index contributed by atoms with van der Waals surface area (Å²) < 4.78 is 3.10. The molecule has 110 valence electrons. The predicted molar refractivity (Wildman–Crippen MR) is 76.1 cm³/mol. The standard InChI is InChI=1S/C14H16N4O3/c1-9(2)18-8-10(6-16-18)13(19)5-4-12-11(14(20)21)7-15-17(12)3/h4-9H,1-3H3,(H,20,21)/b5-4+. The van der Waals surface area contributed by atoms with E-state index >= 15 is 0 Å². The van der Waals surface area contributed by atoms with E-state index in [1.165, 1.54) is 29.2 Å². The first kappa shape index (κ1) is 14.7. The first-order chi connectivity index (χ1) is 9.90. The highest BCUT2D eigenvalue weighted by Gasteiger charge is 2.13. The SMILES string of the molecule is CC(C)n1cc(C(=O)/C=C/c2c(C(=O)O)cnn2C)cn1. The largest absolute Gasteiger partial charge is 0.478 e. The number of ketones is 1. The number of carboxylic acid groups (broad SMARTS) is 1. The maximum absolute atomic E-state index is 12.1. The van der Waals surface area contributed by atoms with Crippen LogP contribution in [0.15, 0.2) is 24.7 Å². The Balaban J connectivity index is 2.22. The highest BCUT2D eigenvalue weighted by atomic mass is 16.4. The normalized spacial score (nSPS) is 11.4. The van der Waals surface area contributed by atoms with E-state index in [2.05, 4.69) is 10.2 Å². The Bertz CT molecular complexity index is 710. The molecule has 0 bridgehead atoms. The summed E-state index contributed by atoms with van der Waals surface area (Å²) in [5, 5.41) is 17.0. The second kappa shape index (κ2) is 5.74. The van der Waals surface area contributed by atoms with Crippen molar-refractivity contribution in [3.8, 4) is 0 Å². The molecule has 0 unspecified atom stereocenters. The monoisotopic (exact) mass is 288 g/mol. The van der Waals surface area contributed by atoms with Gasteiger partial charge in [0.1, 0.15) is 5.56 Å². The van der Waals surface area contributed by atoms with Crippen molar-refractivity contribution in [2.45, 2.75) is 19.9 Å². The number of carboxylic acids is 1. The maximum atomic E-state index is 12.1. The first-order valence-corrected chi connectivity index (χ1v) is 6.42. The van der Waals surface area contributed by atoms with Gasteiger partial charge in [-0.05, 0) is 26.0 Å². The molecule has 2 heterocycles. The van der Waals surface area contributed by atoms with Gasteiger partial charge in [0.25, 0.3) is 0 Å². The third-order valence-electron chi connectivity index (χ3n) is 3.02. The molecule has 0 radical (unpaired) electrons. The van der Waals surface area contributed by atoms with Crippen molar-refractivity contribution in [2.75, 3.05) is 0 Å². The van der Waals surface area contributed by atoms with Gasteiger partial charge in [0.2, 0.25) is 0 Å². The Kier molecular flexibility index (Phi) is 4.02. The molecule has 7 heteroatoms. The molecule has 0 aliphatic heterocycles. The number of allylic oxidation sites excluding steroid dienone is 1. The van der Waals surface area contributed by atoms with Crippen molar-refractivity contribution in [2.24, 2.45) is 7.05 Å². The van der Waals surface area contributed by atoms with Crippen molar-refractivity contribution in [1.82, 2.24) is 19.6 Å². The predicted octanol–water partition coefficient (Wildman–Crippen LogP) is 1.79. The molecule has 0 aliphatic rings. The summed E-state index contributed by atoms with van der Waals surface area (Å²) >= 11 is 0. The van der Waals surface area contributed by atoms with Gasteiger partial charge in [0, 0.05) is 19.3 Å². The topological polar surface area (TPSA) is 90.0 Å². The summed E-state index contributed by atoms with van der Waals surface area (Å²) in [6, 6.07) is 0.172. The van der Waals surface area contributed by atoms with Crippen LogP contribution in [0.2, 0.25) is 0 Å². The van der Waals surface area contributed by atoms with Gasteiger partial charge in [-0.1, -0.05) is 0 Å². The number of hydrogen-bond donors (Lipinski definition) is 1. The summed E-state index contributed by atoms with van der Waals surface area (Å²) in [6.45, 7) is 3.93. The van der Waals surface area contributed by atoms with Crippen LogP contribution in [0.25, 0.3) is 6.08 Å². The number of aryl methyl sites for hydroxylation is 1. The van der Waals surface area contributed by atoms with E-state index in [4.69, 9.17) is 5.11 Å². The first-order valence-electron chi connectivity index (χ1n) is 6.42. The maximum Gasteiger partial charge on any atom is 0.339 e. The molecule has 0 saturated carbocycles. The molecule has 0 spiro atoms. The molecule has 7 nitrogen and oxygen atoms in total. The molecule has 0 atom stereocenters. The van der Waals surface area contributed by atoms with Crippen LogP contribution < -0.4 is 0 Å². The van der Waals surface area contributed by atoms with Gasteiger partial charge in [-0.3, -0.25) is 14.2 Å². The number of nitrogens with zero attached hydrogens (tertiary/aromatic N) is 4. The molecule has 1 N–H and O–H groups in total. The zero-order chi connectivity index (χ0) is 15.6. The van der Waals surface area contributed by atoms with E-state index in [9.17, 15) is 9.59 Å². The lowest BCUT2D eigenvalue weighted by atomic mass is 10.2. The number of rotatable bonds is 5. The summed E-state index contributed by atoms with van der Waals surface area (Å²) in [6.07, 6.45) is 7.19. The number of carbonyl (C=O) groups excluding carboxylic acids is 1. The summed E-state index contributed by atoms with van der Waals surface area (Å²) in [4.78, 5) is 23.1. The average Bonchev–Trinajstić information content (AvgIpc) is 3.02. The number of aromatic carboxylic acids is 1. The van der Waals surface area contributed by atoms with Crippen molar-refractivity contribution in [3.63, 3.8) is 0 Å². The van der Waals surface area contributed by atoms with Crippen molar-refractivity contribution in [3.05, 3.63) is 41.5 Å². The lowest BCUT2D eigenvalue weighted by Gasteiger charge is -2.02. The van der Waals surface area contributed by atoms with Crippen LogP contribution in [0.5, 0.6) is 0 Å². The van der Waals surface area contributed by atoms with E-state index in [0.717, 1.165) is 0 Å². The minimum Gasteiger partial charge on any atom is -0.478 e. The Morgan fingerprint density at radius 2 is 2.00 bits per heavy atom. The Morgan fingerprint density at radius 3 is 2.57 bits per heavy atom. The van der Waals surface area contributed by atoms with Gasteiger partial charge in [0.15, 0.2) is 5.78 Å². The van der Waals surface area contributed by atoms with Crippen LogP contribution in [-0.4, -0.2) is 36.4 Å². The molecular formula is C14H16N4O3. The number of hydrogen-bond acceptors (Lipinski definition) is 4. The molecule has 2 aromatic rings. The van der Waals surface area contributed by atoms with Gasteiger partial charge in [-0.25, -0.2) is 4.79 Å². The van der Waals surface area contributed by atoms with E-state index in [1.807, 2.05) is 13.8 Å². The second-order valence-electron chi connectivity index (χ2n) is 4.87. The lowest BCUT2D eigenvalue weighted by Crippen LogP contribution is -2.01. The van der Waals surface area contributed by atoms with Crippen LogP contribution in [-0.2, 0) is 7.05 Å². The molecule has 0 fully saturated rings. The minimum absolute atomic E-state index is 0.0550. The average molecular weight is 288 g/mol. The number of carbonyl (C=O) groups is 2. The third kappa shape index (κ3) is 3.07. The van der Waals surface area contributed by atoms with Gasteiger partial charge in [-0.2, -0.15) is 10.2 Å². The molecule has 0 aliphatic carbocycles. The highest BCUT2D eigenvalue weighted by molar-refractivity contribution is 6.07. The molecule has 2 aromatic heterocycles. The highest BCUT2D eigenvalue weighted by Crippen LogP contribution is 2.11. The van der Waals surface area contributed by atoms with Crippen molar-refractivity contribution in [1.29, 1.82) is 0 Å². The molecule has 0 amide bonds. The van der Waals surface area contributed by atoms with Gasteiger partial charge in [-0.15, -0.1) is 0 Å². The molecule has 0 aromatic carbocycles. The molecule has 2 rings (SSSR count). The fourth-order valence-corrected chi connectivity index (χ4v) is 1.81. The van der Waals surface area contributed by atoms with E-state index in [0.29, 0.717) is 11.3 Å². The molecule has 0 saturated heterocycles. The molecule has 21 heavy (non-hydrogen) atoms. The molecular weight excluding hydrogens is 272 g/mol. The van der Waals surface area contributed by atoms with Crippen LogP contribution in [0.4, 0.5) is 0 Å². The van der Waals surface area contributed by atoms with Crippen molar-refractivity contribution < 1.29 is 14.7 Å². The van der Waals surface area contributed by atoms with Gasteiger partial charge in [0.05, 0.1) is 23.7 Å². The lowest BCUT2D eigenvalue weighted by molar-refractivity contribution is 0.0696. The summed E-state index contributed by atoms with van der Waals surface area (Å²) in [5.74, 6) is -1.32.